The van der Waals surface area contributed by atoms with Gasteiger partial charge in [-0.15, -0.1) is 0 Å². The second-order valence-electron chi connectivity index (χ2n) is 5.05. The predicted molar refractivity (Wildman–Crippen MR) is 77.9 cm³/mol. The normalized spacial score (nSPS) is 11.7. The first-order valence-corrected chi connectivity index (χ1v) is 7.03. The molecule has 20 heavy (non-hydrogen) atoms. The summed E-state index contributed by atoms with van der Waals surface area (Å²) in [6, 6.07) is 0. The second kappa shape index (κ2) is 6.69. The predicted octanol–water partition coefficient (Wildman–Crippen LogP) is 2.24. The first-order chi connectivity index (χ1) is 9.44. The molecular formula is C13H24N4O3. The van der Waals surface area contributed by atoms with Crippen molar-refractivity contribution < 1.29 is 10.0 Å². The number of aryl methyl sites for hydroxylation is 2. The van der Waals surface area contributed by atoms with Crippen LogP contribution in [-0.4, -0.2) is 32.0 Å². The van der Waals surface area contributed by atoms with Gasteiger partial charge in [-0.1, -0.05) is 27.2 Å². The van der Waals surface area contributed by atoms with Gasteiger partial charge in [0.1, 0.15) is 5.69 Å². The van der Waals surface area contributed by atoms with Crippen molar-refractivity contribution in [2.24, 2.45) is 7.05 Å². The molecule has 114 valence electrons. The Kier molecular flexibility index (Phi) is 5.50. The Hall–Kier alpha value is -1.63. The van der Waals surface area contributed by atoms with Crippen LogP contribution in [0.1, 0.15) is 45.7 Å². The molecule has 1 rings (SSSR count). The van der Waals surface area contributed by atoms with E-state index < -0.39 is 10.5 Å². The highest BCUT2D eigenvalue weighted by molar-refractivity contribution is 5.61. The van der Waals surface area contributed by atoms with E-state index in [0.717, 1.165) is 6.42 Å². The largest absolute Gasteiger partial charge is 0.394 e. The molecular weight excluding hydrogens is 260 g/mol. The summed E-state index contributed by atoms with van der Waals surface area (Å²) < 4.78 is 1.50. The van der Waals surface area contributed by atoms with E-state index in [-0.39, 0.29) is 12.3 Å². The number of rotatable bonds is 8. The van der Waals surface area contributed by atoms with Crippen LogP contribution in [0.3, 0.4) is 0 Å². The molecule has 7 heteroatoms. The zero-order valence-corrected chi connectivity index (χ0v) is 12.6. The molecule has 0 aliphatic heterocycles. The van der Waals surface area contributed by atoms with Gasteiger partial charge in [-0.05, 0) is 19.3 Å². The molecule has 1 aromatic rings. The topological polar surface area (TPSA) is 93.2 Å². The molecule has 1 heterocycles. The van der Waals surface area contributed by atoms with Crippen LogP contribution in [0.4, 0.5) is 11.5 Å². The number of hydrogen-bond acceptors (Lipinski definition) is 5. The molecule has 0 radical (unpaired) electrons. The van der Waals surface area contributed by atoms with Crippen molar-refractivity contribution in [1.29, 1.82) is 0 Å². The Balaban J connectivity index is 3.26. The van der Waals surface area contributed by atoms with Crippen LogP contribution >= 0.6 is 0 Å². The van der Waals surface area contributed by atoms with Gasteiger partial charge in [0.2, 0.25) is 5.82 Å². The average Bonchev–Trinajstić information content (AvgIpc) is 2.72. The molecule has 1 aromatic heterocycles. The van der Waals surface area contributed by atoms with Gasteiger partial charge < -0.3 is 10.4 Å². The monoisotopic (exact) mass is 284 g/mol. The van der Waals surface area contributed by atoms with Crippen LogP contribution < -0.4 is 5.32 Å². The summed E-state index contributed by atoms with van der Waals surface area (Å²) in [7, 11) is 1.68. The van der Waals surface area contributed by atoms with Gasteiger partial charge in [-0.25, -0.2) is 4.68 Å². The van der Waals surface area contributed by atoms with E-state index in [0.29, 0.717) is 30.8 Å². The molecule has 0 saturated carbocycles. The Bertz CT molecular complexity index is 458. The summed E-state index contributed by atoms with van der Waals surface area (Å²) in [6.45, 7) is 5.77. The molecule has 0 aromatic carbocycles. The molecule has 7 nitrogen and oxygen atoms in total. The second-order valence-corrected chi connectivity index (χ2v) is 5.05. The van der Waals surface area contributed by atoms with Gasteiger partial charge in [0.15, 0.2) is 0 Å². The summed E-state index contributed by atoms with van der Waals surface area (Å²) in [6.07, 6.45) is 2.71. The van der Waals surface area contributed by atoms with Crippen LogP contribution in [0.25, 0.3) is 0 Å². The standard InChI is InChI=1S/C13H24N4O3/c1-5-8-10-11(17(19)20)12(16(4)15-10)14-13(6-2,7-3)9-18/h14,18H,5-9H2,1-4H3. The fraction of sp³-hybridized carbons (Fsp3) is 0.769. The maximum atomic E-state index is 11.3. The Morgan fingerprint density at radius 2 is 2.00 bits per heavy atom. The lowest BCUT2D eigenvalue weighted by atomic mass is 9.94. The third-order valence-electron chi connectivity index (χ3n) is 3.80. The third kappa shape index (κ3) is 3.09. The first kappa shape index (κ1) is 16.4. The Morgan fingerprint density at radius 3 is 2.40 bits per heavy atom. The molecule has 0 fully saturated rings. The average molecular weight is 284 g/mol. The van der Waals surface area contributed by atoms with E-state index in [1.807, 2.05) is 20.8 Å². The number of aliphatic hydroxyl groups excluding tert-OH is 1. The summed E-state index contributed by atoms with van der Waals surface area (Å²) in [5, 5.41) is 28.3. The smallest absolute Gasteiger partial charge is 0.334 e. The molecule has 0 bridgehead atoms. The SMILES string of the molecule is CCCc1nn(C)c(NC(CC)(CC)CO)c1[N+](=O)[O-]. The van der Waals surface area contributed by atoms with Gasteiger partial charge in [0, 0.05) is 7.05 Å². The minimum absolute atomic E-state index is 0.0223. The van der Waals surface area contributed by atoms with Gasteiger partial charge in [0.05, 0.1) is 17.1 Å². The highest BCUT2D eigenvalue weighted by Crippen LogP contribution is 2.32. The van der Waals surface area contributed by atoms with Crippen molar-refractivity contribution in [1.82, 2.24) is 9.78 Å². The zero-order chi connectivity index (χ0) is 15.3. The Morgan fingerprint density at radius 1 is 1.40 bits per heavy atom. The van der Waals surface area contributed by atoms with Crippen LogP contribution in [0, 0.1) is 10.1 Å². The number of aromatic nitrogens is 2. The van der Waals surface area contributed by atoms with E-state index in [9.17, 15) is 15.2 Å². The van der Waals surface area contributed by atoms with Crippen molar-refractivity contribution in [3.8, 4) is 0 Å². The quantitative estimate of drug-likeness (QED) is 0.564. The van der Waals surface area contributed by atoms with E-state index in [1.165, 1.54) is 4.68 Å². The minimum Gasteiger partial charge on any atom is -0.394 e. The third-order valence-corrected chi connectivity index (χ3v) is 3.80. The highest BCUT2D eigenvalue weighted by Gasteiger charge is 2.33. The van der Waals surface area contributed by atoms with Crippen molar-refractivity contribution in [3.63, 3.8) is 0 Å². The number of nitrogens with one attached hydrogen (secondary N) is 1. The number of nitrogens with zero attached hydrogens (tertiary/aromatic N) is 3. The maximum Gasteiger partial charge on any atom is 0.334 e. The maximum absolute atomic E-state index is 11.3. The van der Waals surface area contributed by atoms with E-state index in [1.54, 1.807) is 7.05 Å². The van der Waals surface area contributed by atoms with Gasteiger partial charge in [-0.3, -0.25) is 10.1 Å². The number of aliphatic hydroxyl groups is 1. The zero-order valence-electron chi connectivity index (χ0n) is 12.6. The lowest BCUT2D eigenvalue weighted by Gasteiger charge is -2.31. The van der Waals surface area contributed by atoms with Crippen LogP contribution in [0.5, 0.6) is 0 Å². The van der Waals surface area contributed by atoms with Crippen LogP contribution in [-0.2, 0) is 13.5 Å². The molecule has 0 aliphatic rings. The minimum atomic E-state index is -0.554. The summed E-state index contributed by atoms with van der Waals surface area (Å²) in [4.78, 5) is 10.9. The van der Waals surface area contributed by atoms with Crippen molar-refractivity contribution >= 4 is 11.5 Å². The van der Waals surface area contributed by atoms with Gasteiger partial charge in [0.25, 0.3) is 0 Å². The number of nitro groups is 1. The van der Waals surface area contributed by atoms with Gasteiger partial charge >= 0.3 is 5.69 Å². The highest BCUT2D eigenvalue weighted by atomic mass is 16.6. The molecule has 0 saturated heterocycles. The lowest BCUT2D eigenvalue weighted by Crippen LogP contribution is -2.41. The first-order valence-electron chi connectivity index (χ1n) is 7.03. The Labute approximate surface area is 119 Å². The van der Waals surface area contributed by atoms with Crippen molar-refractivity contribution in [2.45, 2.75) is 52.0 Å². The van der Waals surface area contributed by atoms with Gasteiger partial charge in [-0.2, -0.15) is 5.10 Å². The summed E-state index contributed by atoms with van der Waals surface area (Å²) in [5.41, 5.74) is -0.0437. The summed E-state index contributed by atoms with van der Waals surface area (Å²) >= 11 is 0. The molecule has 0 unspecified atom stereocenters. The molecule has 2 N–H and O–H groups in total. The molecule has 0 aliphatic carbocycles. The molecule has 0 atom stereocenters. The lowest BCUT2D eigenvalue weighted by molar-refractivity contribution is -0.384. The number of anilines is 1. The molecule has 0 amide bonds. The van der Waals surface area contributed by atoms with E-state index in [2.05, 4.69) is 10.4 Å². The van der Waals surface area contributed by atoms with Crippen molar-refractivity contribution in [2.75, 3.05) is 11.9 Å². The van der Waals surface area contributed by atoms with Crippen LogP contribution in [0.2, 0.25) is 0 Å². The van der Waals surface area contributed by atoms with E-state index >= 15 is 0 Å². The van der Waals surface area contributed by atoms with Crippen molar-refractivity contribution in [3.05, 3.63) is 15.8 Å². The summed E-state index contributed by atoms with van der Waals surface area (Å²) in [5.74, 6) is 0.371. The van der Waals surface area contributed by atoms with Crippen LogP contribution in [0.15, 0.2) is 0 Å². The fourth-order valence-electron chi connectivity index (χ4n) is 2.25. The number of hydrogen-bond donors (Lipinski definition) is 2. The fourth-order valence-corrected chi connectivity index (χ4v) is 2.25. The van der Waals surface area contributed by atoms with E-state index in [4.69, 9.17) is 0 Å². The molecule has 0 spiro atoms.